The van der Waals surface area contributed by atoms with Crippen LogP contribution in [0, 0.1) is 5.82 Å². The van der Waals surface area contributed by atoms with Crippen LogP contribution in [0.1, 0.15) is 6.92 Å². The Bertz CT molecular complexity index is 258. The normalized spacial score (nSPS) is 12.6. The summed E-state index contributed by atoms with van der Waals surface area (Å²) < 4.78 is 12.5. The molecule has 1 N–H and O–H groups in total. The van der Waals surface area contributed by atoms with Crippen LogP contribution in [-0.4, -0.2) is 24.8 Å². The van der Waals surface area contributed by atoms with Crippen LogP contribution >= 0.6 is 0 Å². The van der Waals surface area contributed by atoms with Gasteiger partial charge in [0.15, 0.2) is 0 Å². The molecular weight excluding hydrogens is 169 g/mol. The first kappa shape index (κ1) is 9.99. The fraction of sp³-hybridized carbons (Fsp3) is 0.400. The molecule has 72 valence electrons. The number of nitrogens with zero attached hydrogens (tertiary/aromatic N) is 1. The lowest BCUT2D eigenvalue weighted by Gasteiger charge is -2.20. The number of aliphatic hydroxyl groups is 1. The lowest BCUT2D eigenvalue weighted by atomic mass is 10.2. The zero-order chi connectivity index (χ0) is 9.84. The average molecular weight is 183 g/mol. The van der Waals surface area contributed by atoms with E-state index in [1.165, 1.54) is 12.1 Å². The van der Waals surface area contributed by atoms with Gasteiger partial charge in [0, 0.05) is 19.3 Å². The first-order valence-corrected chi connectivity index (χ1v) is 4.24. The average Bonchev–Trinajstić information content (AvgIpc) is 2.04. The third-order valence-electron chi connectivity index (χ3n) is 1.81. The van der Waals surface area contributed by atoms with Crippen molar-refractivity contribution in [1.82, 2.24) is 0 Å². The molecule has 0 aliphatic carbocycles. The molecule has 0 saturated carbocycles. The molecule has 0 amide bonds. The van der Waals surface area contributed by atoms with Gasteiger partial charge in [-0.05, 0) is 31.2 Å². The minimum atomic E-state index is -0.380. The molecule has 1 atom stereocenters. The van der Waals surface area contributed by atoms with E-state index in [-0.39, 0.29) is 11.9 Å². The number of aliphatic hydroxyl groups excluding tert-OH is 1. The summed E-state index contributed by atoms with van der Waals surface area (Å²) in [6.45, 7) is 2.27. The molecule has 1 aromatic rings. The van der Waals surface area contributed by atoms with Gasteiger partial charge in [-0.3, -0.25) is 0 Å². The van der Waals surface area contributed by atoms with Crippen LogP contribution in [0.15, 0.2) is 24.3 Å². The fourth-order valence-corrected chi connectivity index (χ4v) is 1.20. The number of anilines is 1. The second kappa shape index (κ2) is 4.23. The fourth-order valence-electron chi connectivity index (χ4n) is 1.20. The molecule has 0 heterocycles. The van der Waals surface area contributed by atoms with Crippen molar-refractivity contribution >= 4 is 5.69 Å². The smallest absolute Gasteiger partial charge is 0.123 e. The molecule has 2 nitrogen and oxygen atoms in total. The Morgan fingerprint density at radius 1 is 1.38 bits per heavy atom. The van der Waals surface area contributed by atoms with Gasteiger partial charge in [-0.15, -0.1) is 0 Å². The molecule has 0 fully saturated rings. The monoisotopic (exact) mass is 183 g/mol. The van der Waals surface area contributed by atoms with E-state index >= 15 is 0 Å². The zero-order valence-corrected chi connectivity index (χ0v) is 7.87. The quantitative estimate of drug-likeness (QED) is 0.770. The van der Waals surface area contributed by atoms with Gasteiger partial charge in [0.2, 0.25) is 0 Å². The van der Waals surface area contributed by atoms with Crippen LogP contribution in [0.25, 0.3) is 0 Å². The molecule has 0 radical (unpaired) electrons. The van der Waals surface area contributed by atoms with E-state index in [1.54, 1.807) is 19.1 Å². The maximum Gasteiger partial charge on any atom is 0.123 e. The highest BCUT2D eigenvalue weighted by Gasteiger charge is 2.03. The van der Waals surface area contributed by atoms with Crippen molar-refractivity contribution in [3.63, 3.8) is 0 Å². The van der Waals surface area contributed by atoms with Crippen molar-refractivity contribution in [3.8, 4) is 0 Å². The van der Waals surface area contributed by atoms with Crippen molar-refractivity contribution in [2.24, 2.45) is 0 Å². The van der Waals surface area contributed by atoms with Gasteiger partial charge >= 0.3 is 0 Å². The van der Waals surface area contributed by atoms with Crippen molar-refractivity contribution in [3.05, 3.63) is 30.1 Å². The molecule has 0 aromatic heterocycles. The number of halogens is 1. The van der Waals surface area contributed by atoms with Gasteiger partial charge in [0.05, 0.1) is 6.10 Å². The minimum absolute atomic E-state index is 0.241. The minimum Gasteiger partial charge on any atom is -0.392 e. The van der Waals surface area contributed by atoms with E-state index in [0.717, 1.165) is 5.69 Å². The number of likely N-dealkylation sites (N-methyl/N-ethyl adjacent to an activating group) is 1. The van der Waals surface area contributed by atoms with Crippen LogP contribution in [0.2, 0.25) is 0 Å². The molecule has 0 bridgehead atoms. The molecule has 0 spiro atoms. The van der Waals surface area contributed by atoms with Crippen molar-refractivity contribution in [2.45, 2.75) is 13.0 Å². The van der Waals surface area contributed by atoms with E-state index in [4.69, 9.17) is 5.11 Å². The highest BCUT2D eigenvalue weighted by atomic mass is 19.1. The largest absolute Gasteiger partial charge is 0.392 e. The topological polar surface area (TPSA) is 23.5 Å². The Morgan fingerprint density at radius 3 is 2.38 bits per heavy atom. The SMILES string of the molecule is C[C@@H](O)CN(C)c1ccc(F)cc1. The van der Waals surface area contributed by atoms with E-state index in [9.17, 15) is 4.39 Å². The predicted molar refractivity (Wildman–Crippen MR) is 51.4 cm³/mol. The Hall–Kier alpha value is -1.09. The Kier molecular flexibility index (Phi) is 3.25. The zero-order valence-electron chi connectivity index (χ0n) is 7.87. The van der Waals surface area contributed by atoms with Crippen LogP contribution in [-0.2, 0) is 0 Å². The molecule has 1 rings (SSSR count). The van der Waals surface area contributed by atoms with Crippen LogP contribution in [0.3, 0.4) is 0 Å². The van der Waals surface area contributed by atoms with Crippen molar-refractivity contribution in [2.75, 3.05) is 18.5 Å². The van der Waals surface area contributed by atoms with Crippen LogP contribution in [0.4, 0.5) is 10.1 Å². The summed E-state index contributed by atoms with van der Waals surface area (Å²) in [6.07, 6.45) is -0.380. The molecule has 13 heavy (non-hydrogen) atoms. The van der Waals surface area contributed by atoms with Crippen molar-refractivity contribution < 1.29 is 9.50 Å². The summed E-state index contributed by atoms with van der Waals surface area (Å²) in [5.41, 5.74) is 0.905. The van der Waals surface area contributed by atoms with Gasteiger partial charge in [-0.25, -0.2) is 4.39 Å². The standard InChI is InChI=1S/C10H14FNO/c1-8(13)7-12(2)10-5-3-9(11)4-6-10/h3-6,8,13H,7H2,1-2H3/t8-/m1/s1. The van der Waals surface area contributed by atoms with Gasteiger partial charge < -0.3 is 10.0 Å². The molecule has 0 aliphatic heterocycles. The lowest BCUT2D eigenvalue weighted by Crippen LogP contribution is -2.26. The third-order valence-corrected chi connectivity index (χ3v) is 1.81. The van der Waals surface area contributed by atoms with E-state index in [1.807, 2.05) is 11.9 Å². The maximum atomic E-state index is 12.5. The lowest BCUT2D eigenvalue weighted by molar-refractivity contribution is 0.201. The second-order valence-electron chi connectivity index (χ2n) is 3.21. The second-order valence-corrected chi connectivity index (χ2v) is 3.21. The van der Waals surface area contributed by atoms with Gasteiger partial charge in [-0.2, -0.15) is 0 Å². The summed E-state index contributed by atoms with van der Waals surface area (Å²) in [7, 11) is 1.86. The summed E-state index contributed by atoms with van der Waals surface area (Å²) in [5.74, 6) is -0.241. The van der Waals surface area contributed by atoms with Gasteiger partial charge in [0.1, 0.15) is 5.82 Å². The van der Waals surface area contributed by atoms with E-state index in [0.29, 0.717) is 6.54 Å². The molecule has 0 unspecified atom stereocenters. The maximum absolute atomic E-state index is 12.5. The Balaban J connectivity index is 2.66. The number of hydrogen-bond acceptors (Lipinski definition) is 2. The molecular formula is C10H14FNO. The highest BCUT2D eigenvalue weighted by molar-refractivity contribution is 5.45. The Morgan fingerprint density at radius 2 is 1.92 bits per heavy atom. The number of rotatable bonds is 3. The molecule has 0 aliphatic rings. The first-order valence-electron chi connectivity index (χ1n) is 4.24. The van der Waals surface area contributed by atoms with E-state index < -0.39 is 0 Å². The van der Waals surface area contributed by atoms with Crippen LogP contribution in [0.5, 0.6) is 0 Å². The first-order chi connectivity index (χ1) is 6.09. The van der Waals surface area contributed by atoms with Crippen LogP contribution < -0.4 is 4.90 Å². The summed E-state index contributed by atoms with van der Waals surface area (Å²) in [6, 6.07) is 6.21. The molecule has 0 saturated heterocycles. The number of hydrogen-bond donors (Lipinski definition) is 1. The summed E-state index contributed by atoms with van der Waals surface area (Å²) in [4.78, 5) is 1.88. The van der Waals surface area contributed by atoms with Gasteiger partial charge in [-0.1, -0.05) is 0 Å². The molecule has 3 heteroatoms. The van der Waals surface area contributed by atoms with Gasteiger partial charge in [0.25, 0.3) is 0 Å². The summed E-state index contributed by atoms with van der Waals surface area (Å²) >= 11 is 0. The van der Waals surface area contributed by atoms with E-state index in [2.05, 4.69) is 0 Å². The molecule has 1 aromatic carbocycles. The third kappa shape index (κ3) is 3.03. The summed E-state index contributed by atoms with van der Waals surface area (Å²) in [5, 5.41) is 9.12. The number of benzene rings is 1. The van der Waals surface area contributed by atoms with Crippen molar-refractivity contribution in [1.29, 1.82) is 0 Å². The Labute approximate surface area is 77.6 Å². The highest BCUT2D eigenvalue weighted by Crippen LogP contribution is 2.12. The predicted octanol–water partition coefficient (Wildman–Crippen LogP) is 1.64.